The van der Waals surface area contributed by atoms with Gasteiger partial charge >= 0.3 is 0 Å². The summed E-state index contributed by atoms with van der Waals surface area (Å²) in [5.74, 6) is 0.838. The van der Waals surface area contributed by atoms with Crippen LogP contribution in [0.15, 0.2) is 54.6 Å². The second-order valence-electron chi connectivity index (χ2n) is 6.77. The number of hydrogen-bond acceptors (Lipinski definition) is 2. The third kappa shape index (κ3) is 5.63. The molecule has 0 heterocycles. The fraction of sp³-hybridized carbons (Fsp3) is 0.409. The lowest BCUT2D eigenvalue weighted by Crippen LogP contribution is -2.34. The molecule has 0 bridgehead atoms. The Kier molecular flexibility index (Phi) is 6.49. The van der Waals surface area contributed by atoms with Gasteiger partial charge in [0.15, 0.2) is 0 Å². The third-order valence-electron chi connectivity index (χ3n) is 4.81. The van der Waals surface area contributed by atoms with E-state index in [0.29, 0.717) is 18.2 Å². The number of hydrogen-bond donors (Lipinski definition) is 1. The molecule has 3 rings (SSSR count). The Morgan fingerprint density at radius 3 is 2.28 bits per heavy atom. The molecule has 0 radical (unpaired) electrons. The lowest BCUT2D eigenvalue weighted by molar-refractivity contribution is 0.0933. The monoisotopic (exact) mass is 337 g/mol. The van der Waals surface area contributed by atoms with Crippen molar-refractivity contribution in [1.29, 1.82) is 0 Å². The van der Waals surface area contributed by atoms with Crippen molar-refractivity contribution in [3.8, 4) is 5.75 Å². The van der Waals surface area contributed by atoms with Crippen LogP contribution in [0.25, 0.3) is 0 Å². The van der Waals surface area contributed by atoms with Crippen molar-refractivity contribution in [2.45, 2.75) is 51.0 Å². The van der Waals surface area contributed by atoms with Gasteiger partial charge in [0, 0.05) is 18.0 Å². The molecule has 25 heavy (non-hydrogen) atoms. The van der Waals surface area contributed by atoms with E-state index < -0.39 is 0 Å². The molecule has 132 valence electrons. The van der Waals surface area contributed by atoms with Crippen molar-refractivity contribution < 1.29 is 9.53 Å². The van der Waals surface area contributed by atoms with Crippen molar-refractivity contribution >= 4 is 5.91 Å². The van der Waals surface area contributed by atoms with Crippen molar-refractivity contribution in [2.75, 3.05) is 6.61 Å². The van der Waals surface area contributed by atoms with Crippen LogP contribution in [0, 0.1) is 0 Å². The number of ether oxygens (including phenoxy) is 1. The van der Waals surface area contributed by atoms with Gasteiger partial charge in [0.25, 0.3) is 5.91 Å². The molecule has 0 spiro atoms. The van der Waals surface area contributed by atoms with Crippen LogP contribution in [0.1, 0.15) is 54.4 Å². The van der Waals surface area contributed by atoms with E-state index in [9.17, 15) is 4.79 Å². The van der Waals surface area contributed by atoms with Crippen molar-refractivity contribution in [3.05, 3.63) is 65.7 Å². The third-order valence-corrected chi connectivity index (χ3v) is 4.81. The first kappa shape index (κ1) is 17.5. The maximum Gasteiger partial charge on any atom is 0.251 e. The van der Waals surface area contributed by atoms with Crippen LogP contribution in [-0.2, 0) is 6.42 Å². The molecule has 1 saturated carbocycles. The summed E-state index contributed by atoms with van der Waals surface area (Å²) in [4.78, 5) is 12.4. The predicted octanol–water partition coefficient (Wildman–Crippen LogP) is 4.76. The SMILES string of the molecule is O=C(NC1CCCCCC1)c1ccc(OCCc2ccccc2)cc1. The topological polar surface area (TPSA) is 38.3 Å². The van der Waals surface area contributed by atoms with Crippen LogP contribution in [-0.4, -0.2) is 18.6 Å². The average Bonchev–Trinajstić information content (AvgIpc) is 2.92. The second-order valence-corrected chi connectivity index (χ2v) is 6.77. The van der Waals surface area contributed by atoms with Gasteiger partial charge in [-0.25, -0.2) is 0 Å². The lowest BCUT2D eigenvalue weighted by atomic mass is 10.1. The first-order chi connectivity index (χ1) is 12.3. The van der Waals surface area contributed by atoms with Gasteiger partial charge in [0.05, 0.1) is 6.61 Å². The Morgan fingerprint density at radius 2 is 1.60 bits per heavy atom. The summed E-state index contributed by atoms with van der Waals surface area (Å²) in [6.07, 6.45) is 8.12. The lowest BCUT2D eigenvalue weighted by Gasteiger charge is -2.16. The van der Waals surface area contributed by atoms with Crippen LogP contribution >= 0.6 is 0 Å². The van der Waals surface area contributed by atoms with Gasteiger partial charge in [-0.15, -0.1) is 0 Å². The van der Waals surface area contributed by atoms with Gasteiger partial charge in [-0.1, -0.05) is 56.0 Å². The van der Waals surface area contributed by atoms with Gasteiger partial charge in [-0.2, -0.15) is 0 Å². The molecular formula is C22H27NO2. The highest BCUT2D eigenvalue weighted by Crippen LogP contribution is 2.18. The first-order valence-electron chi connectivity index (χ1n) is 9.39. The Balaban J connectivity index is 1.46. The predicted molar refractivity (Wildman–Crippen MR) is 101 cm³/mol. The van der Waals surface area contributed by atoms with E-state index in [-0.39, 0.29) is 5.91 Å². The van der Waals surface area contributed by atoms with E-state index in [1.807, 2.05) is 42.5 Å². The molecule has 1 fully saturated rings. The summed E-state index contributed by atoms with van der Waals surface area (Å²) in [6, 6.07) is 18.1. The van der Waals surface area contributed by atoms with Crippen LogP contribution in [0.4, 0.5) is 0 Å². The van der Waals surface area contributed by atoms with Gasteiger partial charge in [0.1, 0.15) is 5.75 Å². The summed E-state index contributed by atoms with van der Waals surface area (Å²) in [5.41, 5.74) is 1.97. The summed E-state index contributed by atoms with van der Waals surface area (Å²) >= 11 is 0. The van der Waals surface area contributed by atoms with E-state index in [1.165, 1.54) is 31.2 Å². The van der Waals surface area contributed by atoms with E-state index >= 15 is 0 Å². The number of carbonyl (C=O) groups excluding carboxylic acids is 1. The minimum Gasteiger partial charge on any atom is -0.493 e. The van der Waals surface area contributed by atoms with Gasteiger partial charge < -0.3 is 10.1 Å². The molecule has 2 aromatic carbocycles. The minimum absolute atomic E-state index is 0.0303. The molecule has 3 nitrogen and oxygen atoms in total. The number of nitrogens with one attached hydrogen (secondary N) is 1. The summed E-state index contributed by atoms with van der Waals surface area (Å²) in [5, 5.41) is 3.18. The van der Waals surface area contributed by atoms with Gasteiger partial charge in [-0.3, -0.25) is 4.79 Å². The maximum atomic E-state index is 12.4. The molecule has 0 unspecified atom stereocenters. The molecule has 1 N–H and O–H groups in total. The molecule has 0 atom stereocenters. The minimum atomic E-state index is 0.0303. The molecule has 0 aromatic heterocycles. The van der Waals surface area contributed by atoms with Gasteiger partial charge in [0.2, 0.25) is 0 Å². The molecule has 0 saturated heterocycles. The highest BCUT2D eigenvalue weighted by molar-refractivity contribution is 5.94. The van der Waals surface area contributed by atoms with Gasteiger partial charge in [-0.05, 0) is 42.7 Å². The molecule has 1 aliphatic rings. The van der Waals surface area contributed by atoms with E-state index in [2.05, 4.69) is 17.4 Å². The zero-order valence-corrected chi connectivity index (χ0v) is 14.7. The highest BCUT2D eigenvalue weighted by atomic mass is 16.5. The first-order valence-corrected chi connectivity index (χ1v) is 9.39. The Hall–Kier alpha value is -2.29. The smallest absolute Gasteiger partial charge is 0.251 e. The quantitative estimate of drug-likeness (QED) is 0.772. The Labute approximate surface area is 150 Å². The molecule has 3 heteroatoms. The second kappa shape index (κ2) is 9.26. The van der Waals surface area contributed by atoms with Crippen LogP contribution in [0.5, 0.6) is 5.75 Å². The summed E-state index contributed by atoms with van der Waals surface area (Å²) in [6.45, 7) is 0.637. The van der Waals surface area contributed by atoms with Crippen molar-refractivity contribution in [1.82, 2.24) is 5.32 Å². The fourth-order valence-corrected chi connectivity index (χ4v) is 3.33. The van der Waals surface area contributed by atoms with E-state index in [0.717, 1.165) is 25.0 Å². The number of amides is 1. The van der Waals surface area contributed by atoms with Crippen LogP contribution < -0.4 is 10.1 Å². The summed E-state index contributed by atoms with van der Waals surface area (Å²) < 4.78 is 5.78. The summed E-state index contributed by atoms with van der Waals surface area (Å²) in [7, 11) is 0. The standard InChI is InChI=1S/C22H27NO2/c24-22(23-20-10-6-1-2-7-11-20)19-12-14-21(15-13-19)25-17-16-18-8-4-3-5-9-18/h3-5,8-9,12-15,20H,1-2,6-7,10-11,16-17H2,(H,23,24). The normalized spacial score (nSPS) is 15.4. The Morgan fingerprint density at radius 1 is 0.920 bits per heavy atom. The fourth-order valence-electron chi connectivity index (χ4n) is 3.33. The molecule has 2 aromatic rings. The maximum absolute atomic E-state index is 12.4. The van der Waals surface area contributed by atoms with E-state index in [1.54, 1.807) is 0 Å². The van der Waals surface area contributed by atoms with Crippen LogP contribution in [0.2, 0.25) is 0 Å². The number of carbonyl (C=O) groups is 1. The zero-order valence-electron chi connectivity index (χ0n) is 14.7. The van der Waals surface area contributed by atoms with Crippen molar-refractivity contribution in [2.24, 2.45) is 0 Å². The highest BCUT2D eigenvalue weighted by Gasteiger charge is 2.15. The number of benzene rings is 2. The zero-order chi connectivity index (χ0) is 17.3. The number of rotatable bonds is 6. The van der Waals surface area contributed by atoms with Crippen molar-refractivity contribution in [3.63, 3.8) is 0 Å². The van der Waals surface area contributed by atoms with Crippen LogP contribution in [0.3, 0.4) is 0 Å². The average molecular weight is 337 g/mol. The molecule has 1 aliphatic carbocycles. The largest absolute Gasteiger partial charge is 0.493 e. The molecule has 1 amide bonds. The van der Waals surface area contributed by atoms with E-state index in [4.69, 9.17) is 4.74 Å². The molecular weight excluding hydrogens is 310 g/mol. The molecule has 0 aliphatic heterocycles. The Bertz CT molecular complexity index is 643.